The van der Waals surface area contributed by atoms with E-state index in [9.17, 15) is 35.9 Å². The average molecular weight is 490 g/mol. The SMILES string of the molecule is O=C(Nc1cccc2ccccc12)C(F)(F)C(F)(F)C(F)(F)C(=O)Nc1cccc2ccccc12. The number of amides is 2. The Bertz CT molecular complexity index is 1320. The van der Waals surface area contributed by atoms with E-state index in [1.54, 1.807) is 47.0 Å². The minimum absolute atomic E-state index is 0.225. The largest absolute Gasteiger partial charge is 0.393 e. The van der Waals surface area contributed by atoms with Crippen LogP contribution in [0.25, 0.3) is 21.5 Å². The van der Waals surface area contributed by atoms with Crippen LogP contribution in [0.2, 0.25) is 0 Å². The van der Waals surface area contributed by atoms with Gasteiger partial charge in [0.05, 0.1) is 0 Å². The Morgan fingerprint density at radius 1 is 0.514 bits per heavy atom. The number of benzene rings is 4. The van der Waals surface area contributed by atoms with Crippen LogP contribution in [0.4, 0.5) is 37.7 Å². The topological polar surface area (TPSA) is 58.2 Å². The quantitative estimate of drug-likeness (QED) is 0.304. The fraction of sp³-hybridized carbons (Fsp3) is 0.120. The summed E-state index contributed by atoms with van der Waals surface area (Å²) in [4.78, 5) is 24.2. The molecule has 2 amide bonds. The standard InChI is InChI=1S/C25H16F6N2O2/c26-23(27,21(34)32-19-13-5-9-15-7-1-3-11-17(15)19)25(30,31)24(28,29)22(35)33-20-14-6-10-16-8-2-4-12-18(16)20/h1-14H,(H,32,34)(H,33,35). The van der Waals surface area contributed by atoms with Crippen molar-refractivity contribution in [3.8, 4) is 0 Å². The molecule has 0 aliphatic carbocycles. The molecule has 0 unspecified atom stereocenters. The van der Waals surface area contributed by atoms with Crippen LogP contribution >= 0.6 is 0 Å². The summed E-state index contributed by atoms with van der Waals surface area (Å²) in [6.07, 6.45) is 0. The molecule has 0 aromatic heterocycles. The summed E-state index contributed by atoms with van der Waals surface area (Å²) in [7, 11) is 0. The smallest absolute Gasteiger partial charge is 0.320 e. The van der Waals surface area contributed by atoms with Gasteiger partial charge in [0.1, 0.15) is 0 Å². The van der Waals surface area contributed by atoms with Crippen LogP contribution < -0.4 is 10.6 Å². The Labute approximate surface area is 194 Å². The Morgan fingerprint density at radius 3 is 1.26 bits per heavy atom. The molecule has 0 radical (unpaired) electrons. The van der Waals surface area contributed by atoms with Crippen LogP contribution in [0.15, 0.2) is 84.9 Å². The number of alkyl halides is 6. The molecule has 180 valence electrons. The number of carbonyl (C=O) groups excluding carboxylic acids is 2. The number of hydrogen-bond donors (Lipinski definition) is 2. The van der Waals surface area contributed by atoms with Gasteiger partial charge in [0, 0.05) is 22.1 Å². The second-order valence-electron chi connectivity index (χ2n) is 7.68. The maximum atomic E-state index is 14.5. The zero-order chi connectivity index (χ0) is 25.4. The van der Waals surface area contributed by atoms with E-state index in [0.717, 1.165) is 12.1 Å². The lowest BCUT2D eigenvalue weighted by atomic mass is 10.0. The lowest BCUT2D eigenvalue weighted by Crippen LogP contribution is -2.63. The zero-order valence-electron chi connectivity index (χ0n) is 17.7. The molecule has 0 fully saturated rings. The highest BCUT2D eigenvalue weighted by Gasteiger charge is 2.78. The van der Waals surface area contributed by atoms with Crippen LogP contribution in [-0.2, 0) is 9.59 Å². The second kappa shape index (κ2) is 8.61. The lowest BCUT2D eigenvalue weighted by molar-refractivity contribution is -0.283. The summed E-state index contributed by atoms with van der Waals surface area (Å²) < 4.78 is 87.0. The predicted molar refractivity (Wildman–Crippen MR) is 120 cm³/mol. The summed E-state index contributed by atoms with van der Waals surface area (Å²) in [5.41, 5.74) is -0.570. The average Bonchev–Trinajstić information content (AvgIpc) is 2.84. The van der Waals surface area contributed by atoms with Gasteiger partial charge >= 0.3 is 29.6 Å². The molecule has 2 N–H and O–H groups in total. The molecule has 4 aromatic rings. The van der Waals surface area contributed by atoms with Crippen molar-refractivity contribution in [3.05, 3.63) is 84.9 Å². The number of fused-ring (bicyclic) bond motifs is 2. The molecule has 0 aliphatic rings. The molecule has 0 atom stereocenters. The fourth-order valence-electron chi connectivity index (χ4n) is 3.55. The van der Waals surface area contributed by atoms with Gasteiger partial charge in [0.25, 0.3) is 0 Å². The monoisotopic (exact) mass is 490 g/mol. The first-order valence-corrected chi connectivity index (χ1v) is 10.2. The number of halogens is 6. The summed E-state index contributed by atoms with van der Waals surface area (Å²) in [6, 6.07) is 20.4. The molecule has 0 bridgehead atoms. The van der Waals surface area contributed by atoms with E-state index in [4.69, 9.17) is 0 Å². The zero-order valence-corrected chi connectivity index (χ0v) is 17.7. The van der Waals surface area contributed by atoms with Gasteiger partial charge < -0.3 is 10.6 Å². The molecule has 0 heterocycles. The predicted octanol–water partition coefficient (Wildman–Crippen LogP) is 6.48. The highest BCUT2D eigenvalue weighted by atomic mass is 19.3. The van der Waals surface area contributed by atoms with Crippen LogP contribution in [-0.4, -0.2) is 29.6 Å². The van der Waals surface area contributed by atoms with E-state index in [1.807, 2.05) is 0 Å². The summed E-state index contributed by atoms with van der Waals surface area (Å²) in [6.45, 7) is 0. The Morgan fingerprint density at radius 2 is 0.857 bits per heavy atom. The van der Waals surface area contributed by atoms with E-state index in [-0.39, 0.29) is 22.1 Å². The third kappa shape index (κ3) is 4.05. The van der Waals surface area contributed by atoms with Crippen molar-refractivity contribution < 1.29 is 35.9 Å². The molecule has 4 rings (SSSR count). The number of anilines is 2. The van der Waals surface area contributed by atoms with Crippen LogP contribution in [0.3, 0.4) is 0 Å². The summed E-state index contributed by atoms with van der Waals surface area (Å²) in [5, 5.41) is 4.59. The van der Waals surface area contributed by atoms with E-state index in [2.05, 4.69) is 0 Å². The molecule has 35 heavy (non-hydrogen) atoms. The maximum absolute atomic E-state index is 14.5. The molecule has 4 nitrogen and oxygen atoms in total. The highest BCUT2D eigenvalue weighted by molar-refractivity contribution is 6.07. The molecule has 4 aromatic carbocycles. The Balaban J connectivity index is 1.61. The summed E-state index contributed by atoms with van der Waals surface area (Å²) >= 11 is 0. The molecular weight excluding hydrogens is 474 g/mol. The Kier molecular flexibility index (Phi) is 5.92. The molecule has 0 saturated carbocycles. The highest BCUT2D eigenvalue weighted by Crippen LogP contribution is 2.47. The molecule has 10 heteroatoms. The fourth-order valence-corrected chi connectivity index (χ4v) is 3.55. The number of nitrogens with one attached hydrogen (secondary N) is 2. The van der Waals surface area contributed by atoms with Crippen molar-refractivity contribution in [2.45, 2.75) is 17.8 Å². The first kappa shape index (κ1) is 24.1. The Hall–Kier alpha value is -4.08. The van der Waals surface area contributed by atoms with Gasteiger partial charge in [-0.3, -0.25) is 9.59 Å². The van der Waals surface area contributed by atoms with Crippen molar-refractivity contribution in [1.29, 1.82) is 0 Å². The van der Waals surface area contributed by atoms with Crippen molar-refractivity contribution in [1.82, 2.24) is 0 Å². The third-order valence-corrected chi connectivity index (χ3v) is 5.43. The van der Waals surface area contributed by atoms with Crippen molar-refractivity contribution >= 4 is 44.7 Å². The minimum Gasteiger partial charge on any atom is -0.320 e. The van der Waals surface area contributed by atoms with Crippen LogP contribution in [0, 0.1) is 0 Å². The first-order chi connectivity index (χ1) is 16.5. The third-order valence-electron chi connectivity index (χ3n) is 5.43. The molecule has 0 spiro atoms. The number of rotatable bonds is 6. The first-order valence-electron chi connectivity index (χ1n) is 10.2. The molecular formula is C25H16F6N2O2. The van der Waals surface area contributed by atoms with Crippen molar-refractivity contribution in [2.24, 2.45) is 0 Å². The van der Waals surface area contributed by atoms with Gasteiger partial charge in [-0.1, -0.05) is 72.8 Å². The van der Waals surface area contributed by atoms with Crippen LogP contribution in [0.1, 0.15) is 0 Å². The van der Waals surface area contributed by atoms with E-state index in [0.29, 0.717) is 10.8 Å². The van der Waals surface area contributed by atoms with Crippen molar-refractivity contribution in [3.63, 3.8) is 0 Å². The van der Waals surface area contributed by atoms with Gasteiger partial charge in [-0.25, -0.2) is 0 Å². The number of carbonyl (C=O) groups is 2. The second-order valence-corrected chi connectivity index (χ2v) is 7.68. The normalized spacial score (nSPS) is 12.5. The van der Waals surface area contributed by atoms with E-state index < -0.39 is 29.6 Å². The maximum Gasteiger partial charge on any atom is 0.393 e. The molecule has 0 aliphatic heterocycles. The minimum atomic E-state index is -6.36. The van der Waals surface area contributed by atoms with Crippen LogP contribution in [0.5, 0.6) is 0 Å². The van der Waals surface area contributed by atoms with Gasteiger partial charge in [-0.2, -0.15) is 26.3 Å². The van der Waals surface area contributed by atoms with Gasteiger partial charge in [0.15, 0.2) is 0 Å². The number of hydrogen-bond acceptors (Lipinski definition) is 2. The van der Waals surface area contributed by atoms with Crippen molar-refractivity contribution in [2.75, 3.05) is 10.6 Å². The van der Waals surface area contributed by atoms with Gasteiger partial charge in [0.2, 0.25) is 0 Å². The van der Waals surface area contributed by atoms with E-state index in [1.165, 1.54) is 36.4 Å². The summed E-state index contributed by atoms with van der Waals surface area (Å²) in [5.74, 6) is -23.6. The van der Waals surface area contributed by atoms with Gasteiger partial charge in [-0.15, -0.1) is 0 Å². The van der Waals surface area contributed by atoms with Gasteiger partial charge in [-0.05, 0) is 22.9 Å². The molecule has 0 saturated heterocycles. The van der Waals surface area contributed by atoms with E-state index >= 15 is 0 Å². The lowest BCUT2D eigenvalue weighted by Gasteiger charge is -2.31.